The highest BCUT2D eigenvalue weighted by atomic mass is 32.1. The van der Waals surface area contributed by atoms with Gasteiger partial charge in [-0.3, -0.25) is 4.79 Å². The molecule has 2 rings (SSSR count). The lowest BCUT2D eigenvalue weighted by Gasteiger charge is -2.04. The van der Waals surface area contributed by atoms with E-state index in [0.29, 0.717) is 6.61 Å². The van der Waals surface area contributed by atoms with E-state index in [9.17, 15) is 4.79 Å². The van der Waals surface area contributed by atoms with Gasteiger partial charge in [-0.25, -0.2) is 0 Å². The standard InChI is InChI=1S/C15H24N2O2S/c1-10-9-20-13(17(10)7-8-19-6)16-12(18)11-14(2,3)15(11,4)5/h9,11H,7-8H2,1-6H3/b16-13-. The van der Waals surface area contributed by atoms with E-state index in [1.807, 2.05) is 12.3 Å². The fourth-order valence-electron chi connectivity index (χ4n) is 2.93. The first-order chi connectivity index (χ1) is 9.23. The molecule has 1 aromatic heterocycles. The molecule has 0 aliphatic heterocycles. The average Bonchev–Trinajstić information content (AvgIpc) is 2.61. The van der Waals surface area contributed by atoms with Gasteiger partial charge in [-0.2, -0.15) is 4.99 Å². The molecule has 5 heteroatoms. The van der Waals surface area contributed by atoms with Crippen LogP contribution in [0, 0.1) is 23.7 Å². The van der Waals surface area contributed by atoms with Crippen LogP contribution in [-0.2, 0) is 16.1 Å². The molecule has 0 radical (unpaired) electrons. The summed E-state index contributed by atoms with van der Waals surface area (Å²) in [5.41, 5.74) is 1.20. The summed E-state index contributed by atoms with van der Waals surface area (Å²) in [5.74, 6) is 0.0290. The lowest BCUT2D eigenvalue weighted by molar-refractivity contribution is -0.120. The third kappa shape index (κ3) is 2.37. The quantitative estimate of drug-likeness (QED) is 0.857. The highest BCUT2D eigenvalue weighted by molar-refractivity contribution is 7.07. The minimum absolute atomic E-state index is 0.00742. The second-order valence-electron chi connectivity index (χ2n) is 6.63. The molecule has 0 spiro atoms. The number of aromatic nitrogens is 1. The Kier molecular flexibility index (Phi) is 3.95. The van der Waals surface area contributed by atoms with Crippen molar-refractivity contribution >= 4 is 17.2 Å². The van der Waals surface area contributed by atoms with Crippen LogP contribution in [0.25, 0.3) is 0 Å². The molecule has 1 saturated carbocycles. The number of hydrogen-bond acceptors (Lipinski definition) is 3. The van der Waals surface area contributed by atoms with Gasteiger partial charge < -0.3 is 9.30 Å². The molecular weight excluding hydrogens is 272 g/mol. The fraction of sp³-hybridized carbons (Fsp3) is 0.733. The summed E-state index contributed by atoms with van der Waals surface area (Å²) >= 11 is 1.52. The van der Waals surface area contributed by atoms with Gasteiger partial charge in [-0.15, -0.1) is 11.3 Å². The van der Waals surface area contributed by atoms with Crippen LogP contribution in [0.5, 0.6) is 0 Å². The Morgan fingerprint density at radius 1 is 1.40 bits per heavy atom. The molecule has 1 heterocycles. The predicted octanol–water partition coefficient (Wildman–Crippen LogP) is 2.61. The molecule has 112 valence electrons. The van der Waals surface area contributed by atoms with Crippen LogP contribution in [-0.4, -0.2) is 24.2 Å². The van der Waals surface area contributed by atoms with Crippen molar-refractivity contribution in [3.8, 4) is 0 Å². The van der Waals surface area contributed by atoms with E-state index >= 15 is 0 Å². The average molecular weight is 296 g/mol. The van der Waals surface area contributed by atoms with Crippen molar-refractivity contribution in [1.82, 2.24) is 4.57 Å². The zero-order chi connectivity index (χ0) is 15.1. The molecular formula is C15H24N2O2S. The number of rotatable bonds is 4. The Morgan fingerprint density at radius 3 is 2.50 bits per heavy atom. The van der Waals surface area contributed by atoms with Crippen molar-refractivity contribution in [1.29, 1.82) is 0 Å². The number of methoxy groups -OCH3 is 1. The molecule has 1 aromatic rings. The lowest BCUT2D eigenvalue weighted by Crippen LogP contribution is -2.21. The van der Waals surface area contributed by atoms with Crippen molar-refractivity contribution < 1.29 is 9.53 Å². The molecule has 0 bridgehead atoms. The van der Waals surface area contributed by atoms with E-state index in [0.717, 1.165) is 17.0 Å². The van der Waals surface area contributed by atoms with Gasteiger partial charge in [0.15, 0.2) is 4.80 Å². The summed E-state index contributed by atoms with van der Waals surface area (Å²) in [7, 11) is 1.68. The molecule has 1 amide bonds. The monoisotopic (exact) mass is 296 g/mol. The highest BCUT2D eigenvalue weighted by Crippen LogP contribution is 2.68. The number of carbonyl (C=O) groups excluding carboxylic acids is 1. The van der Waals surface area contributed by atoms with Crippen LogP contribution in [0.3, 0.4) is 0 Å². The lowest BCUT2D eigenvalue weighted by atomic mass is 10.0. The van der Waals surface area contributed by atoms with Gasteiger partial charge in [-0.1, -0.05) is 27.7 Å². The number of thiazole rings is 1. The number of aryl methyl sites for hydroxylation is 1. The van der Waals surface area contributed by atoms with Crippen molar-refractivity contribution in [2.75, 3.05) is 13.7 Å². The summed E-state index contributed by atoms with van der Waals surface area (Å²) in [4.78, 5) is 17.6. The molecule has 1 aliphatic carbocycles. The van der Waals surface area contributed by atoms with E-state index in [-0.39, 0.29) is 22.7 Å². The maximum absolute atomic E-state index is 12.4. The summed E-state index contributed by atoms with van der Waals surface area (Å²) < 4.78 is 7.16. The van der Waals surface area contributed by atoms with Gasteiger partial charge in [0.05, 0.1) is 12.5 Å². The Labute approximate surface area is 124 Å². The molecule has 1 aliphatic rings. The normalized spacial score (nSPS) is 21.2. The van der Waals surface area contributed by atoms with Gasteiger partial charge >= 0.3 is 0 Å². The molecule has 0 saturated heterocycles. The number of carbonyl (C=O) groups is 1. The van der Waals surface area contributed by atoms with Crippen molar-refractivity contribution in [3.63, 3.8) is 0 Å². The number of amides is 1. The van der Waals surface area contributed by atoms with Gasteiger partial charge in [0.1, 0.15) is 0 Å². The van der Waals surface area contributed by atoms with Gasteiger partial charge in [0.2, 0.25) is 0 Å². The Morgan fingerprint density at radius 2 is 2.00 bits per heavy atom. The van der Waals surface area contributed by atoms with E-state index in [1.165, 1.54) is 11.3 Å². The highest BCUT2D eigenvalue weighted by Gasteiger charge is 2.68. The van der Waals surface area contributed by atoms with Crippen LogP contribution >= 0.6 is 11.3 Å². The molecule has 0 N–H and O–H groups in total. The second-order valence-corrected chi connectivity index (χ2v) is 7.47. The maximum Gasteiger partial charge on any atom is 0.252 e. The number of nitrogens with zero attached hydrogens (tertiary/aromatic N) is 2. The van der Waals surface area contributed by atoms with Crippen LogP contribution in [0.4, 0.5) is 0 Å². The van der Waals surface area contributed by atoms with Gasteiger partial charge in [0, 0.05) is 24.7 Å². The van der Waals surface area contributed by atoms with Crippen molar-refractivity contribution in [2.24, 2.45) is 21.7 Å². The third-order valence-corrected chi connectivity index (χ3v) is 5.97. The topological polar surface area (TPSA) is 43.6 Å². The van der Waals surface area contributed by atoms with E-state index < -0.39 is 0 Å². The molecule has 4 nitrogen and oxygen atoms in total. The largest absolute Gasteiger partial charge is 0.383 e. The van der Waals surface area contributed by atoms with E-state index in [4.69, 9.17) is 4.74 Å². The first-order valence-electron chi connectivity index (χ1n) is 6.96. The Bertz CT molecular complexity index is 567. The van der Waals surface area contributed by atoms with E-state index in [1.54, 1.807) is 7.11 Å². The van der Waals surface area contributed by atoms with Crippen molar-refractivity contribution in [3.05, 3.63) is 15.9 Å². The first-order valence-corrected chi connectivity index (χ1v) is 7.84. The third-order valence-electron chi connectivity index (χ3n) is 4.98. The maximum atomic E-state index is 12.4. The molecule has 0 atom stereocenters. The minimum Gasteiger partial charge on any atom is -0.383 e. The van der Waals surface area contributed by atoms with Crippen LogP contribution < -0.4 is 4.80 Å². The zero-order valence-corrected chi connectivity index (χ0v) is 14.0. The Balaban J connectivity index is 2.27. The SMILES string of the molecule is COCCn1c(C)cs/c1=N\C(=O)C1C(C)(C)C1(C)C. The van der Waals surface area contributed by atoms with Gasteiger partial charge in [0.25, 0.3) is 5.91 Å². The van der Waals surface area contributed by atoms with Crippen molar-refractivity contribution in [2.45, 2.75) is 41.2 Å². The fourth-order valence-corrected chi connectivity index (χ4v) is 3.84. The molecule has 20 heavy (non-hydrogen) atoms. The smallest absolute Gasteiger partial charge is 0.252 e. The summed E-state index contributed by atoms with van der Waals surface area (Å²) in [6, 6.07) is 0. The number of hydrogen-bond donors (Lipinski definition) is 0. The predicted molar refractivity (Wildman–Crippen MR) is 80.5 cm³/mol. The molecule has 0 aromatic carbocycles. The summed E-state index contributed by atoms with van der Waals surface area (Å²) in [5, 5.41) is 2.03. The summed E-state index contributed by atoms with van der Waals surface area (Å²) in [6.07, 6.45) is 0. The number of ether oxygens (including phenoxy) is 1. The van der Waals surface area contributed by atoms with Crippen LogP contribution in [0.15, 0.2) is 10.4 Å². The molecule has 1 fully saturated rings. The summed E-state index contributed by atoms with van der Waals surface area (Å²) in [6.45, 7) is 12.0. The minimum atomic E-state index is 0.00742. The molecule has 0 unspecified atom stereocenters. The van der Waals surface area contributed by atoms with Gasteiger partial charge in [-0.05, 0) is 17.8 Å². The zero-order valence-electron chi connectivity index (χ0n) is 13.2. The first kappa shape index (κ1) is 15.4. The van der Waals surface area contributed by atoms with E-state index in [2.05, 4.69) is 37.3 Å². The van der Waals surface area contributed by atoms with Crippen LogP contribution in [0.2, 0.25) is 0 Å². The second kappa shape index (κ2) is 5.11. The Hall–Kier alpha value is -0.940. The van der Waals surface area contributed by atoms with Crippen LogP contribution in [0.1, 0.15) is 33.4 Å².